The molecule has 5 nitrogen and oxygen atoms in total. The lowest BCUT2D eigenvalue weighted by atomic mass is 10.0. The molecule has 0 saturated heterocycles. The maximum atomic E-state index is 12.9. The molecule has 1 amide bonds. The summed E-state index contributed by atoms with van der Waals surface area (Å²) in [6, 6.07) is 26.4. The predicted molar refractivity (Wildman–Crippen MR) is 123 cm³/mol. The van der Waals surface area contributed by atoms with Crippen molar-refractivity contribution in [2.75, 3.05) is 6.61 Å². The van der Waals surface area contributed by atoms with Crippen molar-refractivity contribution in [3.63, 3.8) is 0 Å². The van der Waals surface area contributed by atoms with E-state index in [-0.39, 0.29) is 12.5 Å². The highest BCUT2D eigenvalue weighted by molar-refractivity contribution is 6.07. The van der Waals surface area contributed by atoms with Gasteiger partial charge in [-0.05, 0) is 29.8 Å². The third-order valence-corrected chi connectivity index (χ3v) is 4.59. The number of hydrogen-bond donors (Lipinski definition) is 1. The number of carbonyl (C=O) groups is 1. The van der Waals surface area contributed by atoms with Crippen molar-refractivity contribution in [2.24, 2.45) is 5.10 Å². The van der Waals surface area contributed by atoms with E-state index in [1.54, 1.807) is 18.3 Å². The molecule has 1 heterocycles. The lowest BCUT2D eigenvalue weighted by molar-refractivity contribution is 0.0956. The molecule has 0 spiro atoms. The number of hydrazone groups is 1. The number of carbonyl (C=O) groups excluding carboxylic acids is 1. The quantitative estimate of drug-likeness (QED) is 0.288. The van der Waals surface area contributed by atoms with Crippen molar-refractivity contribution in [1.29, 1.82) is 0 Å². The Bertz CT molecular complexity index is 1290. The first-order valence-electron chi connectivity index (χ1n) is 9.69. The number of amides is 1. The van der Waals surface area contributed by atoms with Gasteiger partial charge in [-0.2, -0.15) is 5.10 Å². The first-order chi connectivity index (χ1) is 15.2. The fourth-order valence-corrected chi connectivity index (χ4v) is 3.16. The molecule has 0 radical (unpaired) electrons. The van der Waals surface area contributed by atoms with E-state index in [1.165, 1.54) is 0 Å². The first kappa shape index (κ1) is 19.9. The molecular weight excluding hydrogens is 386 g/mol. The van der Waals surface area contributed by atoms with Crippen LogP contribution in [0.1, 0.15) is 15.9 Å². The number of pyridine rings is 1. The summed E-state index contributed by atoms with van der Waals surface area (Å²) in [5, 5.41) is 4.87. The summed E-state index contributed by atoms with van der Waals surface area (Å²) in [6.45, 7) is 0.191. The molecule has 31 heavy (non-hydrogen) atoms. The Hall–Kier alpha value is -4.43. The van der Waals surface area contributed by atoms with Gasteiger partial charge in [-0.25, -0.2) is 10.4 Å². The number of fused-ring (bicyclic) bond motifs is 1. The van der Waals surface area contributed by atoms with E-state index < -0.39 is 0 Å². The average molecular weight is 405 g/mol. The Morgan fingerprint density at radius 1 is 1.03 bits per heavy atom. The van der Waals surface area contributed by atoms with Gasteiger partial charge in [-0.3, -0.25) is 4.79 Å². The predicted octanol–water partition coefficient (Wildman–Crippen LogP) is 4.68. The van der Waals surface area contributed by atoms with Crippen LogP contribution in [0.2, 0.25) is 0 Å². The molecule has 0 aliphatic rings. The summed E-state index contributed by atoms with van der Waals surface area (Å²) in [6.07, 6.45) is 6.77. The highest BCUT2D eigenvalue weighted by Crippen LogP contribution is 2.24. The van der Waals surface area contributed by atoms with E-state index in [9.17, 15) is 4.79 Å². The number of hydrogen-bond acceptors (Lipinski definition) is 4. The summed E-state index contributed by atoms with van der Waals surface area (Å²) >= 11 is 0. The minimum absolute atomic E-state index is 0.191. The second kappa shape index (κ2) is 9.38. The van der Waals surface area contributed by atoms with Crippen LogP contribution >= 0.6 is 0 Å². The fourth-order valence-electron chi connectivity index (χ4n) is 3.16. The molecule has 4 aromatic rings. The van der Waals surface area contributed by atoms with Crippen molar-refractivity contribution in [3.05, 3.63) is 96.1 Å². The van der Waals surface area contributed by atoms with Crippen molar-refractivity contribution in [2.45, 2.75) is 0 Å². The number of rotatable bonds is 6. The summed E-state index contributed by atoms with van der Waals surface area (Å²) < 4.78 is 5.40. The number of nitrogens with one attached hydrogen (secondary N) is 1. The van der Waals surface area contributed by atoms with Crippen LogP contribution in [-0.2, 0) is 0 Å². The largest absolute Gasteiger partial charge is 0.481 e. The molecule has 1 N–H and O–H groups in total. The van der Waals surface area contributed by atoms with Gasteiger partial charge < -0.3 is 4.74 Å². The fraction of sp³-hybridized carbons (Fsp3) is 0.0385. The Morgan fingerprint density at radius 3 is 2.68 bits per heavy atom. The SMILES string of the molecule is C#CCOc1cccc(/C=N\NC(=O)c2cc(-c3ccccc3)nc3ccccc23)c1. The minimum Gasteiger partial charge on any atom is -0.481 e. The van der Waals surface area contributed by atoms with Crippen molar-refractivity contribution < 1.29 is 9.53 Å². The molecule has 5 heteroatoms. The van der Waals surface area contributed by atoms with Crippen LogP contribution in [0.25, 0.3) is 22.2 Å². The molecule has 0 saturated carbocycles. The van der Waals surface area contributed by atoms with Crippen LogP contribution in [0.15, 0.2) is 90.0 Å². The van der Waals surface area contributed by atoms with Crippen LogP contribution in [0.5, 0.6) is 5.75 Å². The van der Waals surface area contributed by atoms with Crippen molar-refractivity contribution >= 4 is 23.0 Å². The highest BCUT2D eigenvalue weighted by atomic mass is 16.5. The normalized spacial score (nSPS) is 10.7. The molecular formula is C26H19N3O2. The molecule has 4 rings (SSSR count). The molecule has 0 bridgehead atoms. The van der Waals surface area contributed by atoms with Gasteiger partial charge in [-0.15, -0.1) is 6.42 Å². The topological polar surface area (TPSA) is 63.6 Å². The Morgan fingerprint density at radius 2 is 1.84 bits per heavy atom. The Kier molecular flexibility index (Phi) is 6.01. The number of para-hydroxylation sites is 1. The Balaban J connectivity index is 1.59. The minimum atomic E-state index is -0.313. The molecule has 1 aromatic heterocycles. The van der Waals surface area contributed by atoms with Gasteiger partial charge in [0.15, 0.2) is 0 Å². The third-order valence-electron chi connectivity index (χ3n) is 4.59. The zero-order chi connectivity index (χ0) is 21.5. The zero-order valence-corrected chi connectivity index (χ0v) is 16.7. The van der Waals surface area contributed by atoms with E-state index in [0.29, 0.717) is 11.3 Å². The number of nitrogens with zero attached hydrogens (tertiary/aromatic N) is 2. The molecule has 0 aliphatic heterocycles. The maximum absolute atomic E-state index is 12.9. The van der Waals surface area contributed by atoms with Crippen LogP contribution < -0.4 is 10.2 Å². The van der Waals surface area contributed by atoms with E-state index in [1.807, 2.05) is 72.8 Å². The second-order valence-electron chi connectivity index (χ2n) is 6.70. The summed E-state index contributed by atoms with van der Waals surface area (Å²) in [5.74, 6) is 2.75. The van der Waals surface area contributed by atoms with Crippen molar-refractivity contribution in [3.8, 4) is 29.4 Å². The van der Waals surface area contributed by atoms with Gasteiger partial charge in [0, 0.05) is 10.9 Å². The average Bonchev–Trinajstić information content (AvgIpc) is 2.83. The molecule has 0 aliphatic carbocycles. The molecule has 3 aromatic carbocycles. The van der Waals surface area contributed by atoms with Gasteiger partial charge in [0.25, 0.3) is 5.91 Å². The number of ether oxygens (including phenoxy) is 1. The smallest absolute Gasteiger partial charge is 0.272 e. The van der Waals surface area contributed by atoms with Gasteiger partial charge in [0.05, 0.1) is 23.0 Å². The molecule has 0 atom stereocenters. The van der Waals surface area contributed by atoms with Crippen LogP contribution in [0.4, 0.5) is 0 Å². The van der Waals surface area contributed by atoms with E-state index >= 15 is 0 Å². The summed E-state index contributed by atoms with van der Waals surface area (Å²) in [4.78, 5) is 17.6. The third kappa shape index (κ3) is 4.77. The number of terminal acetylenes is 1. The zero-order valence-electron chi connectivity index (χ0n) is 16.7. The standard InChI is InChI=1S/C26H19N3O2/c1-2-15-31-21-12-8-9-19(16-21)18-27-29-26(30)23-17-25(20-10-4-3-5-11-20)28-24-14-7-6-13-22(23)24/h1,3-14,16-18H,15H2,(H,29,30)/b27-18-. The van der Waals surface area contributed by atoms with Gasteiger partial charge in [-0.1, -0.05) is 66.6 Å². The van der Waals surface area contributed by atoms with Crippen LogP contribution in [0.3, 0.4) is 0 Å². The van der Waals surface area contributed by atoms with Crippen molar-refractivity contribution in [1.82, 2.24) is 10.4 Å². The number of benzene rings is 3. The van der Waals surface area contributed by atoms with Gasteiger partial charge >= 0.3 is 0 Å². The van der Waals surface area contributed by atoms with E-state index in [0.717, 1.165) is 27.7 Å². The van der Waals surface area contributed by atoms with Crippen LogP contribution in [0, 0.1) is 12.3 Å². The first-order valence-corrected chi connectivity index (χ1v) is 9.69. The maximum Gasteiger partial charge on any atom is 0.272 e. The van der Waals surface area contributed by atoms with Gasteiger partial charge in [0.1, 0.15) is 12.4 Å². The monoisotopic (exact) mass is 405 g/mol. The van der Waals surface area contributed by atoms with E-state index in [4.69, 9.17) is 16.1 Å². The lowest BCUT2D eigenvalue weighted by Gasteiger charge is -2.09. The van der Waals surface area contributed by atoms with Gasteiger partial charge in [0.2, 0.25) is 0 Å². The molecule has 150 valence electrons. The lowest BCUT2D eigenvalue weighted by Crippen LogP contribution is -2.18. The molecule has 0 unspecified atom stereocenters. The molecule has 0 fully saturated rings. The van der Waals surface area contributed by atoms with E-state index in [2.05, 4.69) is 16.4 Å². The highest BCUT2D eigenvalue weighted by Gasteiger charge is 2.13. The summed E-state index contributed by atoms with van der Waals surface area (Å²) in [7, 11) is 0. The van der Waals surface area contributed by atoms with Crippen LogP contribution in [-0.4, -0.2) is 23.7 Å². The number of aromatic nitrogens is 1. The Labute approximate surface area is 180 Å². The summed E-state index contributed by atoms with van der Waals surface area (Å²) in [5.41, 5.74) is 6.31. The second-order valence-corrected chi connectivity index (χ2v) is 6.70.